The van der Waals surface area contributed by atoms with Gasteiger partial charge in [0.1, 0.15) is 0 Å². The minimum absolute atomic E-state index is 1.24. The number of rotatable bonds is 14. The Hall–Kier alpha value is 1.73. The van der Waals surface area contributed by atoms with Crippen molar-refractivity contribution < 1.29 is 0 Å². The fraction of sp³-hybridized carbons (Fsp3) is 1.00. The molecule has 0 radical (unpaired) electrons. The van der Waals surface area contributed by atoms with E-state index in [4.69, 9.17) is 0 Å². The van der Waals surface area contributed by atoms with Crippen molar-refractivity contribution in [1.29, 1.82) is 0 Å². The molecule has 0 saturated carbocycles. The van der Waals surface area contributed by atoms with Crippen molar-refractivity contribution in [2.45, 2.75) is 95.6 Å². The molecule has 0 aromatic rings. The molecule has 0 rings (SSSR count). The Bertz CT molecular complexity index is 142. The molecule has 0 aliphatic heterocycles. The maximum atomic E-state index is 4.40. The summed E-state index contributed by atoms with van der Waals surface area (Å²) in [5.41, 5.74) is 0. The molecular formula is C16H37Bi2N. The third kappa shape index (κ3) is 13.1. The van der Waals surface area contributed by atoms with Crippen LogP contribution in [0, 0.1) is 0 Å². The van der Waals surface area contributed by atoms with Crippen molar-refractivity contribution in [2.24, 2.45) is 0 Å². The Morgan fingerprint density at radius 2 is 0.789 bits per heavy atom. The summed E-state index contributed by atoms with van der Waals surface area (Å²) in [7, 11) is 0. The second-order valence-corrected chi connectivity index (χ2v) is 28.4. The van der Waals surface area contributed by atoms with E-state index in [1.54, 1.807) is 16.5 Å². The van der Waals surface area contributed by atoms with Crippen LogP contribution in [0.25, 0.3) is 0 Å². The van der Waals surface area contributed by atoms with Gasteiger partial charge in [-0.15, -0.1) is 0 Å². The molecule has 0 unspecified atom stereocenters. The number of hydrogen-bond donors (Lipinski definition) is 1. The van der Waals surface area contributed by atoms with Crippen molar-refractivity contribution in [3.05, 3.63) is 0 Å². The summed E-state index contributed by atoms with van der Waals surface area (Å²) in [6, 6.07) is 0. The zero-order valence-electron chi connectivity index (χ0n) is 13.9. The van der Waals surface area contributed by atoms with Gasteiger partial charge in [0.15, 0.2) is 0 Å². The molecule has 19 heavy (non-hydrogen) atoms. The van der Waals surface area contributed by atoms with Crippen molar-refractivity contribution in [3.63, 3.8) is 0 Å². The van der Waals surface area contributed by atoms with Crippen LogP contribution < -0.4 is 1.20 Å². The first-order chi connectivity index (χ1) is 9.28. The SMILES string of the molecule is CCC[CH2][Bi]([CH2]CCC)[NH][Bi]([CH2]CCC)[CH2]CCC. The van der Waals surface area contributed by atoms with Crippen molar-refractivity contribution >= 4 is 44.1 Å². The molecule has 0 saturated heterocycles. The van der Waals surface area contributed by atoms with Gasteiger partial charge in [0.25, 0.3) is 0 Å². The predicted octanol–water partition coefficient (Wildman–Crippen LogP) is 5.76. The summed E-state index contributed by atoms with van der Waals surface area (Å²) in [6.45, 7) is 9.43. The normalized spacial score (nSPS) is 11.7. The molecule has 1 N–H and O–H groups in total. The molecule has 0 aliphatic carbocycles. The molecule has 1 nitrogen and oxygen atoms in total. The zero-order chi connectivity index (χ0) is 14.3. The quantitative estimate of drug-likeness (QED) is 0.234. The summed E-state index contributed by atoms with van der Waals surface area (Å²) in [5.74, 6) is 0. The average molecular weight is 661 g/mol. The summed E-state index contributed by atoms with van der Waals surface area (Å²) in [5, 5.41) is 0. The van der Waals surface area contributed by atoms with Crippen LogP contribution in [0.2, 0.25) is 16.5 Å². The Morgan fingerprint density at radius 3 is 1.00 bits per heavy atom. The molecule has 116 valence electrons. The zero-order valence-corrected chi connectivity index (χ0v) is 20.8. The van der Waals surface area contributed by atoms with Gasteiger partial charge in [0, 0.05) is 0 Å². The molecule has 0 bridgehead atoms. The van der Waals surface area contributed by atoms with Gasteiger partial charge in [-0.3, -0.25) is 0 Å². The van der Waals surface area contributed by atoms with Gasteiger partial charge in [-0.05, 0) is 0 Å². The Morgan fingerprint density at radius 1 is 0.526 bits per heavy atom. The first kappa shape index (κ1) is 20.7. The van der Waals surface area contributed by atoms with Crippen LogP contribution in [-0.4, -0.2) is 44.1 Å². The van der Waals surface area contributed by atoms with Crippen molar-refractivity contribution in [1.82, 2.24) is 1.20 Å². The molecule has 0 spiro atoms. The molecule has 0 aliphatic rings. The second-order valence-electron chi connectivity index (χ2n) is 5.49. The van der Waals surface area contributed by atoms with E-state index in [9.17, 15) is 0 Å². The number of hydrogen-bond acceptors (Lipinski definition) is 1. The number of nitrogens with one attached hydrogen (secondary N) is 1. The molecule has 0 aromatic carbocycles. The van der Waals surface area contributed by atoms with Crippen LogP contribution in [-0.2, 0) is 0 Å². The second kappa shape index (κ2) is 16.1. The standard InChI is InChI=1S/4C4H9.2Bi.HN/c4*1-3-4-2;;;/h4*1,3-4H2,2H3;;;1H. The topological polar surface area (TPSA) is 12.0 Å². The van der Waals surface area contributed by atoms with Crippen LogP contribution in [0.1, 0.15) is 79.1 Å². The summed E-state index contributed by atoms with van der Waals surface area (Å²) < 4.78 is 10.9. The van der Waals surface area contributed by atoms with Gasteiger partial charge < -0.3 is 0 Å². The Balaban J connectivity index is 4.16. The van der Waals surface area contributed by atoms with Crippen LogP contribution in [0.3, 0.4) is 0 Å². The maximum absolute atomic E-state index is 4.40. The molecule has 3 heteroatoms. The fourth-order valence-electron chi connectivity index (χ4n) is 2.02. The van der Waals surface area contributed by atoms with Gasteiger partial charge in [0.05, 0.1) is 0 Å². The van der Waals surface area contributed by atoms with E-state index in [2.05, 4.69) is 28.9 Å². The summed E-state index contributed by atoms with van der Waals surface area (Å²) in [6.07, 6.45) is 11.7. The molecule has 0 amide bonds. The van der Waals surface area contributed by atoms with E-state index in [0.29, 0.717) is 0 Å². The third-order valence-electron chi connectivity index (χ3n) is 3.41. The van der Waals surface area contributed by atoms with Crippen LogP contribution in [0.15, 0.2) is 0 Å². The van der Waals surface area contributed by atoms with Crippen LogP contribution in [0.5, 0.6) is 0 Å². The van der Waals surface area contributed by atoms with E-state index >= 15 is 0 Å². The monoisotopic (exact) mass is 661 g/mol. The van der Waals surface area contributed by atoms with E-state index in [1.807, 2.05) is 0 Å². The van der Waals surface area contributed by atoms with Gasteiger partial charge in [-0.2, -0.15) is 0 Å². The first-order valence-corrected chi connectivity index (χ1v) is 21.9. The molecule has 0 atom stereocenters. The fourth-order valence-corrected chi connectivity index (χ4v) is 45.0. The van der Waals surface area contributed by atoms with Crippen molar-refractivity contribution in [3.8, 4) is 0 Å². The Kier molecular flexibility index (Phi) is 17.6. The Labute approximate surface area is 139 Å². The molecule has 0 fully saturated rings. The molecule has 0 aromatic heterocycles. The number of unbranched alkanes of at least 4 members (excludes halogenated alkanes) is 4. The minimum atomic E-state index is -1.24. The van der Waals surface area contributed by atoms with Gasteiger partial charge in [-0.25, -0.2) is 0 Å². The van der Waals surface area contributed by atoms with Gasteiger partial charge in [-0.1, -0.05) is 0 Å². The first-order valence-electron chi connectivity index (χ1n) is 8.54. The van der Waals surface area contributed by atoms with E-state index < -0.39 is 44.1 Å². The van der Waals surface area contributed by atoms with Crippen molar-refractivity contribution in [2.75, 3.05) is 0 Å². The van der Waals surface area contributed by atoms with E-state index in [0.717, 1.165) is 0 Å². The summed E-state index contributed by atoms with van der Waals surface area (Å²) in [4.78, 5) is 0. The van der Waals surface area contributed by atoms with E-state index in [-0.39, 0.29) is 0 Å². The van der Waals surface area contributed by atoms with Gasteiger partial charge in [0.2, 0.25) is 0 Å². The molecular weight excluding hydrogens is 624 g/mol. The van der Waals surface area contributed by atoms with Crippen LogP contribution in [0.4, 0.5) is 0 Å². The van der Waals surface area contributed by atoms with Gasteiger partial charge >= 0.3 is 141 Å². The van der Waals surface area contributed by atoms with E-state index in [1.165, 1.54) is 51.4 Å². The van der Waals surface area contributed by atoms with Crippen LogP contribution >= 0.6 is 0 Å². The molecule has 0 heterocycles. The predicted molar refractivity (Wildman–Crippen MR) is 93.5 cm³/mol. The third-order valence-corrected chi connectivity index (χ3v) is 38.2. The average Bonchev–Trinajstić information content (AvgIpc) is 2.44. The summed E-state index contributed by atoms with van der Waals surface area (Å²) >= 11 is -2.49.